The van der Waals surface area contributed by atoms with Gasteiger partial charge in [0, 0.05) is 17.1 Å². The number of hydrogen-bond acceptors (Lipinski definition) is 8. The van der Waals surface area contributed by atoms with E-state index in [0.717, 1.165) is 5.56 Å². The Labute approximate surface area is 227 Å². The molecule has 1 fully saturated rings. The summed E-state index contributed by atoms with van der Waals surface area (Å²) in [6, 6.07) is 18.7. The average molecular weight is 552 g/mol. The molecule has 38 heavy (non-hydrogen) atoms. The first-order chi connectivity index (χ1) is 18.4. The molecule has 194 valence electrons. The van der Waals surface area contributed by atoms with Gasteiger partial charge in [-0.3, -0.25) is 14.5 Å². The summed E-state index contributed by atoms with van der Waals surface area (Å²) >= 11 is 7.22. The molecule has 0 saturated carbocycles. The van der Waals surface area contributed by atoms with Gasteiger partial charge in [0.05, 0.1) is 24.9 Å². The highest BCUT2D eigenvalue weighted by atomic mass is 35.5. The predicted octanol–water partition coefficient (Wildman–Crippen LogP) is 5.02. The Morgan fingerprint density at radius 3 is 2.55 bits per heavy atom. The second kappa shape index (κ2) is 11.2. The molecule has 2 aliphatic rings. The van der Waals surface area contributed by atoms with Crippen LogP contribution in [0.15, 0.2) is 71.7 Å². The first kappa shape index (κ1) is 25.6. The van der Waals surface area contributed by atoms with E-state index >= 15 is 0 Å². The average Bonchev–Trinajstić information content (AvgIpc) is 3.39. The van der Waals surface area contributed by atoms with Crippen LogP contribution in [0.1, 0.15) is 22.3 Å². The lowest BCUT2D eigenvalue weighted by molar-refractivity contribution is -0.129. The summed E-state index contributed by atoms with van der Waals surface area (Å²) in [5.41, 5.74) is 2.29. The number of benzene rings is 3. The Bertz CT molecular complexity index is 1410. The highest BCUT2D eigenvalue weighted by molar-refractivity contribution is 8.15. The standard InChI is InChI=1S/C27H22ClN3O6S/c1-35-26(34)17-3-7-19(8-4-17)29-25(33)23-13-24(32)31(14-16-2-11-21-22(12-16)37-15-36-21)27(38-23)30-20-9-5-18(28)6-10-20/h2-12,23H,13-15H2,1H3,(H,29,33). The molecule has 5 rings (SSSR count). The maximum atomic E-state index is 13.3. The van der Waals surface area contributed by atoms with Crippen LogP contribution in [0.2, 0.25) is 5.02 Å². The van der Waals surface area contributed by atoms with Crippen LogP contribution >= 0.6 is 23.4 Å². The van der Waals surface area contributed by atoms with Crippen LogP contribution in [0.5, 0.6) is 11.5 Å². The molecule has 2 amide bonds. The van der Waals surface area contributed by atoms with E-state index in [2.05, 4.69) is 10.3 Å². The highest BCUT2D eigenvalue weighted by Crippen LogP contribution is 2.35. The Balaban J connectivity index is 1.37. The van der Waals surface area contributed by atoms with Crippen molar-refractivity contribution >= 4 is 57.7 Å². The van der Waals surface area contributed by atoms with Gasteiger partial charge in [-0.25, -0.2) is 9.79 Å². The van der Waals surface area contributed by atoms with Crippen LogP contribution in [0, 0.1) is 0 Å². The van der Waals surface area contributed by atoms with E-state index in [1.54, 1.807) is 59.5 Å². The lowest BCUT2D eigenvalue weighted by Crippen LogP contribution is -2.44. The third-order valence-corrected chi connectivity index (χ3v) is 7.27. The number of methoxy groups -OCH3 is 1. The highest BCUT2D eigenvalue weighted by Gasteiger charge is 2.36. The van der Waals surface area contributed by atoms with Crippen LogP contribution in [-0.4, -0.2) is 47.0 Å². The maximum absolute atomic E-state index is 13.3. The fourth-order valence-corrected chi connectivity index (χ4v) is 5.10. The van der Waals surface area contributed by atoms with Crippen molar-refractivity contribution in [2.45, 2.75) is 18.2 Å². The molecule has 0 aromatic heterocycles. The molecule has 3 aromatic rings. The van der Waals surface area contributed by atoms with Gasteiger partial charge in [-0.2, -0.15) is 0 Å². The van der Waals surface area contributed by atoms with Crippen molar-refractivity contribution in [3.8, 4) is 11.5 Å². The number of fused-ring (bicyclic) bond motifs is 1. The van der Waals surface area contributed by atoms with Gasteiger partial charge < -0.3 is 19.5 Å². The molecule has 11 heteroatoms. The largest absolute Gasteiger partial charge is 0.465 e. The lowest BCUT2D eigenvalue weighted by Gasteiger charge is -2.32. The lowest BCUT2D eigenvalue weighted by atomic mass is 10.1. The minimum Gasteiger partial charge on any atom is -0.465 e. The Morgan fingerprint density at radius 1 is 1.08 bits per heavy atom. The first-order valence-corrected chi connectivity index (χ1v) is 12.8. The van der Waals surface area contributed by atoms with E-state index in [1.165, 1.54) is 18.9 Å². The fraction of sp³-hybridized carbons (Fsp3) is 0.185. The normalized spacial score (nSPS) is 17.4. The number of halogens is 1. The van der Waals surface area contributed by atoms with Gasteiger partial charge in [0.15, 0.2) is 16.7 Å². The molecule has 1 N–H and O–H groups in total. The number of ether oxygens (including phenoxy) is 3. The molecule has 0 bridgehead atoms. The number of hydrogen-bond donors (Lipinski definition) is 1. The van der Waals surface area contributed by atoms with Crippen LogP contribution < -0.4 is 14.8 Å². The molecule has 2 aliphatic heterocycles. The van der Waals surface area contributed by atoms with Crippen LogP contribution in [-0.2, 0) is 20.9 Å². The number of aliphatic imine (C=N–C) groups is 1. The molecule has 2 heterocycles. The van der Waals surface area contributed by atoms with E-state index in [0.29, 0.717) is 38.6 Å². The molecule has 3 aromatic carbocycles. The number of amides is 2. The molecule has 0 radical (unpaired) electrons. The molecule has 0 aliphatic carbocycles. The molecule has 0 spiro atoms. The summed E-state index contributed by atoms with van der Waals surface area (Å²) in [7, 11) is 1.30. The summed E-state index contributed by atoms with van der Waals surface area (Å²) in [6.45, 7) is 0.404. The van der Waals surface area contributed by atoms with Crippen molar-refractivity contribution in [1.29, 1.82) is 0 Å². The molecule has 1 atom stereocenters. The number of anilines is 1. The summed E-state index contributed by atoms with van der Waals surface area (Å²) < 4.78 is 15.5. The van der Waals surface area contributed by atoms with Crippen LogP contribution in [0.25, 0.3) is 0 Å². The quantitative estimate of drug-likeness (QED) is 0.429. The smallest absolute Gasteiger partial charge is 0.337 e. The zero-order valence-corrected chi connectivity index (χ0v) is 21.8. The Morgan fingerprint density at radius 2 is 1.82 bits per heavy atom. The van der Waals surface area contributed by atoms with E-state index < -0.39 is 11.2 Å². The third kappa shape index (κ3) is 5.76. The topological polar surface area (TPSA) is 107 Å². The van der Waals surface area contributed by atoms with Gasteiger partial charge in [0.2, 0.25) is 18.6 Å². The van der Waals surface area contributed by atoms with Gasteiger partial charge in [0.1, 0.15) is 5.25 Å². The number of carbonyl (C=O) groups excluding carboxylic acids is 3. The SMILES string of the molecule is COC(=O)c1ccc(NC(=O)C2CC(=O)N(Cc3ccc4c(c3)OCO4)C(=Nc3ccc(Cl)cc3)S2)cc1. The number of carbonyl (C=O) groups is 3. The number of amidine groups is 1. The zero-order valence-electron chi connectivity index (χ0n) is 20.2. The second-order valence-corrected chi connectivity index (χ2v) is 10.0. The van der Waals surface area contributed by atoms with Crippen LogP contribution in [0.4, 0.5) is 11.4 Å². The van der Waals surface area contributed by atoms with Gasteiger partial charge in [0.25, 0.3) is 0 Å². The summed E-state index contributed by atoms with van der Waals surface area (Å²) in [5.74, 6) is 0.212. The number of thioether (sulfide) groups is 1. The van der Waals surface area contributed by atoms with E-state index in [-0.39, 0.29) is 31.6 Å². The number of esters is 1. The molecular weight excluding hydrogens is 530 g/mol. The van der Waals surface area contributed by atoms with Gasteiger partial charge >= 0.3 is 5.97 Å². The van der Waals surface area contributed by atoms with Crippen molar-refractivity contribution < 1.29 is 28.6 Å². The van der Waals surface area contributed by atoms with Crippen LogP contribution in [0.3, 0.4) is 0 Å². The fourth-order valence-electron chi connectivity index (χ4n) is 3.87. The molecule has 9 nitrogen and oxygen atoms in total. The third-order valence-electron chi connectivity index (χ3n) is 5.83. The van der Waals surface area contributed by atoms with E-state index in [1.807, 2.05) is 12.1 Å². The van der Waals surface area contributed by atoms with Crippen molar-refractivity contribution in [2.24, 2.45) is 4.99 Å². The van der Waals surface area contributed by atoms with Gasteiger partial charge in [-0.1, -0.05) is 29.4 Å². The minimum atomic E-state index is -0.707. The molecular formula is C27H22ClN3O6S. The van der Waals surface area contributed by atoms with Crippen molar-refractivity contribution in [1.82, 2.24) is 4.90 Å². The number of rotatable bonds is 6. The second-order valence-electron chi connectivity index (χ2n) is 8.41. The van der Waals surface area contributed by atoms with Crippen molar-refractivity contribution in [3.63, 3.8) is 0 Å². The zero-order chi connectivity index (χ0) is 26.6. The minimum absolute atomic E-state index is 0.0130. The first-order valence-electron chi connectivity index (χ1n) is 11.6. The Kier molecular flexibility index (Phi) is 7.52. The maximum Gasteiger partial charge on any atom is 0.337 e. The Hall–Kier alpha value is -4.02. The van der Waals surface area contributed by atoms with E-state index in [4.69, 9.17) is 25.8 Å². The predicted molar refractivity (Wildman–Crippen MR) is 144 cm³/mol. The number of nitrogens with one attached hydrogen (secondary N) is 1. The number of nitrogens with zero attached hydrogens (tertiary/aromatic N) is 2. The molecule has 1 saturated heterocycles. The summed E-state index contributed by atoms with van der Waals surface area (Å²) in [6.07, 6.45) is -0.0130. The van der Waals surface area contributed by atoms with Gasteiger partial charge in [-0.05, 0) is 66.2 Å². The summed E-state index contributed by atoms with van der Waals surface area (Å²) in [4.78, 5) is 44.4. The van der Waals surface area contributed by atoms with E-state index in [9.17, 15) is 14.4 Å². The van der Waals surface area contributed by atoms with Crippen molar-refractivity contribution in [3.05, 3.63) is 82.9 Å². The summed E-state index contributed by atoms with van der Waals surface area (Å²) in [5, 5.41) is 3.06. The van der Waals surface area contributed by atoms with Gasteiger partial charge in [-0.15, -0.1) is 0 Å². The molecule has 1 unspecified atom stereocenters. The van der Waals surface area contributed by atoms with Crippen molar-refractivity contribution in [2.75, 3.05) is 19.2 Å². The monoisotopic (exact) mass is 551 g/mol.